The fourth-order valence-corrected chi connectivity index (χ4v) is 3.51. The summed E-state index contributed by atoms with van der Waals surface area (Å²) < 4.78 is 5.64. The van der Waals surface area contributed by atoms with E-state index in [0.717, 1.165) is 24.5 Å². The highest BCUT2D eigenvalue weighted by molar-refractivity contribution is 5.78. The summed E-state index contributed by atoms with van der Waals surface area (Å²) in [5.41, 5.74) is 0.905. The monoisotopic (exact) mass is 385 g/mol. The Morgan fingerprint density at radius 2 is 2.07 bits per heavy atom. The van der Waals surface area contributed by atoms with Crippen molar-refractivity contribution in [2.24, 2.45) is 0 Å². The zero-order valence-electron chi connectivity index (χ0n) is 16.6. The summed E-state index contributed by atoms with van der Waals surface area (Å²) in [7, 11) is 0. The lowest BCUT2D eigenvalue weighted by atomic mass is 10.1. The highest BCUT2D eigenvalue weighted by Crippen LogP contribution is 2.21. The number of carbonyl (C=O) groups excluding carboxylic acids is 1. The van der Waals surface area contributed by atoms with Crippen molar-refractivity contribution < 1.29 is 14.6 Å². The van der Waals surface area contributed by atoms with Crippen molar-refractivity contribution in [1.29, 1.82) is 0 Å². The number of anilines is 1. The molecule has 1 amide bonds. The van der Waals surface area contributed by atoms with Gasteiger partial charge in [-0.15, -0.1) is 0 Å². The molecule has 8 heteroatoms. The maximum absolute atomic E-state index is 12.9. The Morgan fingerprint density at radius 3 is 2.79 bits per heavy atom. The minimum Gasteiger partial charge on any atom is -0.482 e. The minimum atomic E-state index is -0.191. The Kier molecular flexibility index (Phi) is 6.41. The predicted molar refractivity (Wildman–Crippen MR) is 105 cm³/mol. The van der Waals surface area contributed by atoms with Gasteiger partial charge in [-0.25, -0.2) is 9.97 Å². The van der Waals surface area contributed by atoms with Gasteiger partial charge in [-0.1, -0.05) is 0 Å². The Balaban J connectivity index is 1.66. The fraction of sp³-hybridized carbons (Fsp3) is 0.500. The van der Waals surface area contributed by atoms with E-state index in [1.54, 1.807) is 12.4 Å². The highest BCUT2D eigenvalue weighted by Gasteiger charge is 2.31. The first-order chi connectivity index (χ1) is 13.5. The molecule has 1 N–H and O–H groups in total. The summed E-state index contributed by atoms with van der Waals surface area (Å²) in [6, 6.07) is 5.60. The van der Waals surface area contributed by atoms with E-state index in [1.165, 1.54) is 0 Å². The lowest BCUT2D eigenvalue weighted by Gasteiger charge is -2.33. The summed E-state index contributed by atoms with van der Waals surface area (Å²) >= 11 is 0. The second-order valence-electron chi connectivity index (χ2n) is 7.15. The number of nitrogens with zero attached hydrogens (tertiary/aromatic N) is 5. The molecule has 0 bridgehead atoms. The fourth-order valence-electron chi connectivity index (χ4n) is 3.51. The number of ether oxygens (including phenoxy) is 1. The van der Waals surface area contributed by atoms with Gasteiger partial charge in [0.2, 0.25) is 0 Å². The number of rotatable bonds is 5. The van der Waals surface area contributed by atoms with Crippen LogP contribution in [-0.2, 0) is 11.4 Å². The first-order valence-electron chi connectivity index (χ1n) is 9.52. The van der Waals surface area contributed by atoms with E-state index in [4.69, 9.17) is 4.74 Å². The lowest BCUT2D eigenvalue weighted by Crippen LogP contribution is -2.48. The average molecular weight is 385 g/mol. The van der Waals surface area contributed by atoms with Gasteiger partial charge in [0.25, 0.3) is 5.91 Å². The van der Waals surface area contributed by atoms with E-state index in [-0.39, 0.29) is 31.2 Å². The zero-order chi connectivity index (χ0) is 20.1. The third kappa shape index (κ3) is 4.75. The molecule has 1 aliphatic rings. The average Bonchev–Trinajstić information content (AvgIpc) is 2.85. The van der Waals surface area contributed by atoms with Crippen molar-refractivity contribution in [3.63, 3.8) is 0 Å². The van der Waals surface area contributed by atoms with Gasteiger partial charge < -0.3 is 19.6 Å². The largest absolute Gasteiger partial charge is 0.482 e. The van der Waals surface area contributed by atoms with Gasteiger partial charge in [-0.3, -0.25) is 9.78 Å². The minimum absolute atomic E-state index is 0.00251. The van der Waals surface area contributed by atoms with Gasteiger partial charge in [-0.2, -0.15) is 0 Å². The molecular weight excluding hydrogens is 358 g/mol. The SMILES string of the molecule is Cc1ccc(OCC(=O)N2C(C)CCN(c3ccnc(CO)n3)CC2C)cn1. The number of hydrogen-bond donors (Lipinski definition) is 1. The second kappa shape index (κ2) is 8.97. The van der Waals surface area contributed by atoms with Crippen LogP contribution in [0.25, 0.3) is 0 Å². The van der Waals surface area contributed by atoms with Crippen LogP contribution < -0.4 is 9.64 Å². The van der Waals surface area contributed by atoms with E-state index in [0.29, 0.717) is 18.1 Å². The molecule has 0 saturated carbocycles. The number of aliphatic hydroxyl groups is 1. The van der Waals surface area contributed by atoms with Gasteiger partial charge >= 0.3 is 0 Å². The van der Waals surface area contributed by atoms with Crippen LogP contribution in [0.1, 0.15) is 31.8 Å². The van der Waals surface area contributed by atoms with Crippen molar-refractivity contribution in [3.8, 4) is 5.75 Å². The molecule has 28 heavy (non-hydrogen) atoms. The molecule has 0 aliphatic carbocycles. The van der Waals surface area contributed by atoms with Gasteiger partial charge in [0, 0.05) is 37.1 Å². The van der Waals surface area contributed by atoms with Crippen molar-refractivity contribution in [1.82, 2.24) is 19.9 Å². The third-order valence-corrected chi connectivity index (χ3v) is 4.94. The van der Waals surface area contributed by atoms with E-state index < -0.39 is 0 Å². The van der Waals surface area contributed by atoms with Crippen molar-refractivity contribution in [2.75, 3.05) is 24.6 Å². The molecule has 2 unspecified atom stereocenters. The molecule has 8 nitrogen and oxygen atoms in total. The van der Waals surface area contributed by atoms with Crippen molar-refractivity contribution in [3.05, 3.63) is 42.1 Å². The molecule has 3 heterocycles. The van der Waals surface area contributed by atoms with Crippen LogP contribution in [-0.4, -0.2) is 62.6 Å². The summed E-state index contributed by atoms with van der Waals surface area (Å²) in [5.74, 6) is 1.72. The number of carbonyl (C=O) groups is 1. The molecule has 1 fully saturated rings. The zero-order valence-corrected chi connectivity index (χ0v) is 16.6. The number of aryl methyl sites for hydroxylation is 1. The molecule has 0 aromatic carbocycles. The second-order valence-corrected chi connectivity index (χ2v) is 7.15. The summed E-state index contributed by atoms with van der Waals surface area (Å²) in [6.45, 7) is 7.23. The Hall–Kier alpha value is -2.74. The van der Waals surface area contributed by atoms with Crippen LogP contribution in [0.3, 0.4) is 0 Å². The summed E-state index contributed by atoms with van der Waals surface area (Å²) in [5, 5.41) is 9.28. The van der Waals surface area contributed by atoms with Crippen LogP contribution in [0.15, 0.2) is 30.6 Å². The van der Waals surface area contributed by atoms with E-state index in [2.05, 4.69) is 26.8 Å². The maximum Gasteiger partial charge on any atom is 0.261 e. The van der Waals surface area contributed by atoms with Gasteiger partial charge in [0.1, 0.15) is 18.2 Å². The van der Waals surface area contributed by atoms with Crippen LogP contribution in [0.2, 0.25) is 0 Å². The standard InChI is InChI=1S/C20H27N5O3/c1-14-4-5-17(10-22-14)28-13-20(27)25-15(2)7-9-24(11-16(25)3)19-6-8-21-18(12-26)23-19/h4-6,8,10,15-16,26H,7,9,11-13H2,1-3H3. The molecule has 150 valence electrons. The van der Waals surface area contributed by atoms with E-state index in [1.807, 2.05) is 36.9 Å². The Bertz CT molecular complexity index is 799. The van der Waals surface area contributed by atoms with Crippen LogP contribution in [0.5, 0.6) is 5.75 Å². The molecule has 2 atom stereocenters. The van der Waals surface area contributed by atoms with E-state index in [9.17, 15) is 9.90 Å². The maximum atomic E-state index is 12.9. The van der Waals surface area contributed by atoms with Crippen molar-refractivity contribution in [2.45, 2.75) is 45.9 Å². The van der Waals surface area contributed by atoms with Crippen molar-refractivity contribution >= 4 is 11.7 Å². The molecule has 2 aromatic heterocycles. The lowest BCUT2D eigenvalue weighted by molar-refractivity contribution is -0.137. The highest BCUT2D eigenvalue weighted by atomic mass is 16.5. The number of hydrogen-bond acceptors (Lipinski definition) is 7. The van der Waals surface area contributed by atoms with Crippen LogP contribution in [0.4, 0.5) is 5.82 Å². The molecule has 1 saturated heterocycles. The number of amides is 1. The molecule has 0 spiro atoms. The first kappa shape index (κ1) is 20.0. The molecule has 0 radical (unpaired) electrons. The van der Waals surface area contributed by atoms with E-state index >= 15 is 0 Å². The topological polar surface area (TPSA) is 91.7 Å². The number of aromatic nitrogens is 3. The molecule has 3 rings (SSSR count). The van der Waals surface area contributed by atoms with Gasteiger partial charge in [0.05, 0.1) is 6.20 Å². The third-order valence-electron chi connectivity index (χ3n) is 4.94. The Morgan fingerprint density at radius 1 is 1.25 bits per heavy atom. The quantitative estimate of drug-likeness (QED) is 0.835. The molecule has 1 aliphatic heterocycles. The smallest absolute Gasteiger partial charge is 0.261 e. The van der Waals surface area contributed by atoms with Crippen LogP contribution >= 0.6 is 0 Å². The summed E-state index contributed by atoms with van der Waals surface area (Å²) in [4.78, 5) is 29.5. The molecule has 2 aromatic rings. The van der Waals surface area contributed by atoms with Crippen LogP contribution in [0, 0.1) is 6.92 Å². The summed E-state index contributed by atoms with van der Waals surface area (Å²) in [6.07, 6.45) is 4.10. The first-order valence-corrected chi connectivity index (χ1v) is 9.52. The normalized spacial score (nSPS) is 20.0. The predicted octanol–water partition coefficient (Wildman–Crippen LogP) is 1.57. The molecular formula is C20H27N5O3. The van der Waals surface area contributed by atoms with Gasteiger partial charge in [0.15, 0.2) is 12.4 Å². The number of aliphatic hydroxyl groups excluding tert-OH is 1. The Labute approximate surface area is 165 Å². The van der Waals surface area contributed by atoms with Gasteiger partial charge in [-0.05, 0) is 45.4 Å². The number of pyridine rings is 1.